The quantitative estimate of drug-likeness (QED) is 0.229. The second kappa shape index (κ2) is 12.2. The van der Waals surface area contributed by atoms with Gasteiger partial charge >= 0.3 is 12.3 Å². The normalized spacial score (nSPS) is 11.6. The Morgan fingerprint density at radius 2 is 1.85 bits per heavy atom. The fraction of sp³-hybridized carbons (Fsp3) is 0.276. The van der Waals surface area contributed by atoms with Crippen LogP contribution in [0.5, 0.6) is 11.6 Å². The number of aryl methyl sites for hydroxylation is 1. The highest BCUT2D eigenvalue weighted by molar-refractivity contribution is 5.87. The first-order chi connectivity index (χ1) is 19.0. The average molecular weight is 555 g/mol. The second-order valence-electron chi connectivity index (χ2n) is 9.42. The van der Waals surface area contributed by atoms with E-state index in [1.807, 2.05) is 32.9 Å². The van der Waals surface area contributed by atoms with Gasteiger partial charge in [0.2, 0.25) is 5.88 Å². The Hall–Kier alpha value is -4.38. The number of ether oxygens (including phenoxy) is 2. The van der Waals surface area contributed by atoms with Crippen molar-refractivity contribution in [2.24, 2.45) is 0 Å². The zero-order chi connectivity index (χ0) is 28.9. The number of pyridine rings is 1. The molecule has 8 nitrogen and oxygen atoms in total. The highest BCUT2D eigenvalue weighted by atomic mass is 19.4. The first kappa shape index (κ1) is 28.6. The minimum Gasteiger partial charge on any atom is -0.478 e. The Balaban J connectivity index is 1.47. The van der Waals surface area contributed by atoms with Crippen molar-refractivity contribution in [3.05, 3.63) is 101 Å². The number of para-hydroxylation sites is 2. The summed E-state index contributed by atoms with van der Waals surface area (Å²) in [5.74, 6) is -0.935. The fourth-order valence-corrected chi connectivity index (χ4v) is 4.20. The first-order valence-electron chi connectivity index (χ1n) is 12.6. The zero-order valence-corrected chi connectivity index (χ0v) is 22.2. The topological polar surface area (TPSA) is 98.5 Å². The summed E-state index contributed by atoms with van der Waals surface area (Å²) in [6.45, 7) is 6.80. The van der Waals surface area contributed by atoms with E-state index in [-0.39, 0.29) is 29.5 Å². The number of nitrogens with one attached hydrogen (secondary N) is 1. The van der Waals surface area contributed by atoms with Crippen LogP contribution in [-0.2, 0) is 19.7 Å². The summed E-state index contributed by atoms with van der Waals surface area (Å²) >= 11 is 0. The zero-order valence-electron chi connectivity index (χ0n) is 22.2. The van der Waals surface area contributed by atoms with Gasteiger partial charge in [0.25, 0.3) is 0 Å². The molecule has 0 spiro atoms. The molecule has 40 heavy (non-hydrogen) atoms. The van der Waals surface area contributed by atoms with Crippen molar-refractivity contribution >= 4 is 5.97 Å². The minimum absolute atomic E-state index is 0.0256. The van der Waals surface area contributed by atoms with Crippen LogP contribution in [0.3, 0.4) is 0 Å². The predicted molar refractivity (Wildman–Crippen MR) is 142 cm³/mol. The molecule has 0 fully saturated rings. The lowest BCUT2D eigenvalue weighted by Gasteiger charge is -2.16. The molecule has 0 bridgehead atoms. The maximum Gasteiger partial charge on any atom is 0.573 e. The van der Waals surface area contributed by atoms with E-state index in [1.165, 1.54) is 22.9 Å². The summed E-state index contributed by atoms with van der Waals surface area (Å²) in [5.41, 5.74) is 4.32. The summed E-state index contributed by atoms with van der Waals surface area (Å²) in [4.78, 5) is 15.7. The largest absolute Gasteiger partial charge is 0.573 e. The van der Waals surface area contributed by atoms with E-state index in [2.05, 4.69) is 20.1 Å². The molecule has 210 valence electrons. The Kier molecular flexibility index (Phi) is 8.73. The van der Waals surface area contributed by atoms with Crippen molar-refractivity contribution in [3.8, 4) is 17.3 Å². The molecular formula is C29H29F3N4O4. The van der Waals surface area contributed by atoms with Crippen LogP contribution >= 0.6 is 0 Å². The summed E-state index contributed by atoms with van der Waals surface area (Å²) in [5, 5.41) is 16.8. The molecule has 0 aliphatic heterocycles. The lowest BCUT2D eigenvalue weighted by atomic mass is 10.0. The maximum absolute atomic E-state index is 13.0. The molecule has 2 aromatic carbocycles. The minimum atomic E-state index is -4.85. The van der Waals surface area contributed by atoms with E-state index in [9.17, 15) is 18.0 Å². The first-order valence-corrected chi connectivity index (χ1v) is 12.6. The number of hydrogen-bond acceptors (Lipinski definition) is 6. The molecule has 0 unspecified atom stereocenters. The van der Waals surface area contributed by atoms with Gasteiger partial charge in [-0.1, -0.05) is 44.2 Å². The van der Waals surface area contributed by atoms with E-state index in [4.69, 9.17) is 9.84 Å². The third kappa shape index (κ3) is 7.17. The van der Waals surface area contributed by atoms with Gasteiger partial charge in [-0.15, -0.1) is 13.2 Å². The van der Waals surface area contributed by atoms with Crippen LogP contribution in [0.25, 0.3) is 5.69 Å². The summed E-state index contributed by atoms with van der Waals surface area (Å²) in [6.07, 6.45) is -3.23. The Labute approximate surface area is 229 Å². The van der Waals surface area contributed by atoms with Gasteiger partial charge < -0.3 is 19.9 Å². The maximum atomic E-state index is 13.0. The van der Waals surface area contributed by atoms with Crippen molar-refractivity contribution in [1.82, 2.24) is 20.1 Å². The summed E-state index contributed by atoms with van der Waals surface area (Å²) < 4.78 is 50.6. The van der Waals surface area contributed by atoms with Crippen molar-refractivity contribution < 1.29 is 32.5 Å². The molecule has 11 heteroatoms. The highest BCUT2D eigenvalue weighted by Crippen LogP contribution is 2.31. The van der Waals surface area contributed by atoms with Gasteiger partial charge in [-0.2, -0.15) is 5.10 Å². The Bertz CT molecular complexity index is 1480. The lowest BCUT2D eigenvalue weighted by Crippen LogP contribution is -2.19. The van der Waals surface area contributed by atoms with E-state index in [1.54, 1.807) is 36.5 Å². The van der Waals surface area contributed by atoms with Gasteiger partial charge in [0, 0.05) is 24.8 Å². The number of carboxylic acids is 1. The van der Waals surface area contributed by atoms with Crippen LogP contribution in [-0.4, -0.2) is 32.2 Å². The molecular weight excluding hydrogens is 525 g/mol. The van der Waals surface area contributed by atoms with Crippen molar-refractivity contribution in [2.45, 2.75) is 52.7 Å². The van der Waals surface area contributed by atoms with E-state index >= 15 is 0 Å². The molecule has 0 saturated carbocycles. The molecule has 4 rings (SSSR count). The van der Waals surface area contributed by atoms with Crippen molar-refractivity contribution in [1.29, 1.82) is 0 Å². The number of benzene rings is 2. The highest BCUT2D eigenvalue weighted by Gasteiger charge is 2.32. The number of carbonyl (C=O) groups is 1. The fourth-order valence-electron chi connectivity index (χ4n) is 4.20. The summed E-state index contributed by atoms with van der Waals surface area (Å²) in [7, 11) is 0. The standard InChI is InChI=1S/C29H29F3N4O4/c1-18(2)23-16-34-36(24-9-4-5-10-26(24)40-29(30,31)32)25(23)17-39-27-12-11-22(19(3)35-27)15-33-14-20-7-6-8-21(13-20)28(37)38/h4-13,16,18,33H,14-15,17H2,1-3H3,(H,37,38). The second-order valence-corrected chi connectivity index (χ2v) is 9.42. The molecule has 0 aliphatic carbocycles. The van der Waals surface area contributed by atoms with Gasteiger partial charge in [0.05, 0.1) is 17.5 Å². The van der Waals surface area contributed by atoms with Crippen molar-refractivity contribution in [3.63, 3.8) is 0 Å². The lowest BCUT2D eigenvalue weighted by molar-refractivity contribution is -0.274. The molecule has 0 atom stereocenters. The van der Waals surface area contributed by atoms with Crippen LogP contribution in [0, 0.1) is 6.92 Å². The number of hydrogen-bond donors (Lipinski definition) is 2. The van der Waals surface area contributed by atoms with Gasteiger partial charge in [0.15, 0.2) is 5.75 Å². The van der Waals surface area contributed by atoms with Crippen LogP contribution in [0.4, 0.5) is 13.2 Å². The third-order valence-electron chi connectivity index (χ3n) is 6.19. The average Bonchev–Trinajstić information content (AvgIpc) is 3.32. The van der Waals surface area contributed by atoms with Crippen molar-refractivity contribution in [2.75, 3.05) is 0 Å². The monoisotopic (exact) mass is 554 g/mol. The number of carboxylic acid groups (broad SMARTS) is 1. The number of alkyl halides is 3. The number of halogens is 3. The molecule has 2 N–H and O–H groups in total. The molecule has 4 aromatic rings. The number of aromatic nitrogens is 3. The van der Waals surface area contributed by atoms with Crippen LogP contribution in [0.1, 0.15) is 58.2 Å². The van der Waals surface area contributed by atoms with Crippen LogP contribution < -0.4 is 14.8 Å². The molecule has 2 aromatic heterocycles. The number of rotatable bonds is 11. The van der Waals surface area contributed by atoms with Gasteiger partial charge in [-0.3, -0.25) is 0 Å². The number of nitrogens with zero attached hydrogens (tertiary/aromatic N) is 3. The number of aromatic carboxylic acids is 1. The van der Waals surface area contributed by atoms with E-state index in [0.717, 1.165) is 22.4 Å². The van der Waals surface area contributed by atoms with E-state index in [0.29, 0.717) is 24.7 Å². The smallest absolute Gasteiger partial charge is 0.478 e. The summed E-state index contributed by atoms with van der Waals surface area (Å²) in [6, 6.07) is 16.2. The van der Waals surface area contributed by atoms with Crippen LogP contribution in [0.15, 0.2) is 66.9 Å². The Morgan fingerprint density at radius 1 is 1.07 bits per heavy atom. The third-order valence-corrected chi connectivity index (χ3v) is 6.19. The molecule has 0 aliphatic rings. The Morgan fingerprint density at radius 3 is 2.55 bits per heavy atom. The van der Waals surface area contributed by atoms with Gasteiger partial charge in [-0.05, 0) is 53.8 Å². The van der Waals surface area contributed by atoms with E-state index < -0.39 is 12.3 Å². The molecule has 0 radical (unpaired) electrons. The SMILES string of the molecule is Cc1nc(OCc2c(C(C)C)cnn2-c2ccccc2OC(F)(F)F)ccc1CNCc1cccc(C(=O)O)c1. The van der Waals surface area contributed by atoms with Gasteiger partial charge in [0.1, 0.15) is 12.3 Å². The van der Waals surface area contributed by atoms with Gasteiger partial charge in [-0.25, -0.2) is 14.5 Å². The predicted octanol–water partition coefficient (Wildman–Crippen LogP) is 6.16. The molecule has 0 saturated heterocycles. The van der Waals surface area contributed by atoms with Crippen LogP contribution in [0.2, 0.25) is 0 Å². The molecule has 0 amide bonds. The molecule has 2 heterocycles.